The van der Waals surface area contributed by atoms with Crippen molar-refractivity contribution in [3.63, 3.8) is 0 Å². The Balaban J connectivity index is 0.00000264. The molecule has 1 aromatic heterocycles. The summed E-state index contributed by atoms with van der Waals surface area (Å²) >= 11 is 0. The summed E-state index contributed by atoms with van der Waals surface area (Å²) in [4.78, 5) is 16.1. The maximum Gasteiger partial charge on any atom is 0.228 e. The Morgan fingerprint density at radius 3 is 2.48 bits per heavy atom. The van der Waals surface area contributed by atoms with Gasteiger partial charge in [0, 0.05) is 30.5 Å². The zero-order chi connectivity index (χ0) is 16.2. The molecule has 1 heterocycles. The van der Waals surface area contributed by atoms with Crippen LogP contribution in [0.2, 0.25) is 0 Å². The van der Waals surface area contributed by atoms with E-state index < -0.39 is 5.41 Å². The molecule has 1 aromatic carbocycles. The van der Waals surface area contributed by atoms with Crippen LogP contribution >= 0.6 is 12.4 Å². The van der Waals surface area contributed by atoms with Gasteiger partial charge in [-0.1, -0.05) is 50.2 Å². The Kier molecular flexibility index (Phi) is 6.72. The van der Waals surface area contributed by atoms with Crippen LogP contribution in [0, 0.1) is 5.41 Å². The van der Waals surface area contributed by atoms with Crippen molar-refractivity contribution in [1.82, 2.24) is 15.5 Å². The molecule has 1 amide bonds. The van der Waals surface area contributed by atoms with Crippen LogP contribution in [-0.2, 0) is 17.8 Å². The van der Waals surface area contributed by atoms with Gasteiger partial charge in [-0.05, 0) is 5.56 Å². The monoisotopic (exact) mass is 338 g/mol. The first-order valence-corrected chi connectivity index (χ1v) is 7.30. The number of carbonyl (C=O) groups excluding carboxylic acids is 1. The fraction of sp³-hybridized carbons (Fsp3) is 0.438. The number of benzene rings is 1. The molecule has 6 nitrogen and oxygen atoms in total. The highest BCUT2D eigenvalue weighted by Gasteiger charge is 2.20. The number of carbonyl (C=O) groups is 1. The average molecular weight is 339 g/mol. The van der Waals surface area contributed by atoms with Crippen molar-refractivity contribution in [2.24, 2.45) is 11.1 Å². The third kappa shape index (κ3) is 5.33. The molecule has 0 bridgehead atoms. The van der Waals surface area contributed by atoms with E-state index in [-0.39, 0.29) is 18.3 Å². The largest absolute Gasteiger partial charge is 0.355 e. The highest BCUT2D eigenvalue weighted by Crippen LogP contribution is 2.17. The van der Waals surface area contributed by atoms with Gasteiger partial charge in [0.1, 0.15) is 0 Å². The first-order chi connectivity index (χ1) is 10.4. The zero-order valence-corrected chi connectivity index (χ0v) is 14.4. The quantitative estimate of drug-likeness (QED) is 0.872. The summed E-state index contributed by atoms with van der Waals surface area (Å²) < 4.78 is 5.21. The first kappa shape index (κ1) is 19.1. The van der Waals surface area contributed by atoms with Crippen molar-refractivity contribution in [3.8, 4) is 11.4 Å². The summed E-state index contributed by atoms with van der Waals surface area (Å²) in [5, 5.41) is 6.81. The van der Waals surface area contributed by atoms with Gasteiger partial charge in [0.15, 0.2) is 0 Å². The number of nitrogens with one attached hydrogen (secondary N) is 1. The standard InChI is InChI=1S/C16H22N4O2.ClH/c1-16(2,3)15(21)18-9-8-13-19-14(20-22-13)12-6-4-11(10-17)5-7-12;/h4-7H,8-10,17H2,1-3H3,(H,18,21);1H. The van der Waals surface area contributed by atoms with E-state index in [1.807, 2.05) is 45.0 Å². The van der Waals surface area contributed by atoms with Crippen molar-refractivity contribution in [1.29, 1.82) is 0 Å². The van der Waals surface area contributed by atoms with Crippen LogP contribution in [0.1, 0.15) is 32.2 Å². The molecule has 0 aliphatic rings. The minimum Gasteiger partial charge on any atom is -0.355 e. The number of halogens is 1. The highest BCUT2D eigenvalue weighted by molar-refractivity contribution is 5.85. The average Bonchev–Trinajstić information content (AvgIpc) is 2.95. The lowest BCUT2D eigenvalue weighted by atomic mass is 9.96. The highest BCUT2D eigenvalue weighted by atomic mass is 35.5. The summed E-state index contributed by atoms with van der Waals surface area (Å²) in [5.41, 5.74) is 7.10. The van der Waals surface area contributed by atoms with Gasteiger partial charge in [-0.25, -0.2) is 0 Å². The van der Waals surface area contributed by atoms with Gasteiger partial charge >= 0.3 is 0 Å². The molecular weight excluding hydrogens is 316 g/mol. The van der Waals surface area contributed by atoms with Gasteiger partial charge in [0.25, 0.3) is 0 Å². The van der Waals surface area contributed by atoms with Crippen molar-refractivity contribution < 1.29 is 9.32 Å². The van der Waals surface area contributed by atoms with Crippen molar-refractivity contribution in [3.05, 3.63) is 35.7 Å². The van der Waals surface area contributed by atoms with Gasteiger partial charge in [0.2, 0.25) is 17.6 Å². The molecule has 2 aromatic rings. The Morgan fingerprint density at radius 1 is 1.26 bits per heavy atom. The normalized spacial score (nSPS) is 11.0. The van der Waals surface area contributed by atoms with E-state index >= 15 is 0 Å². The van der Waals surface area contributed by atoms with Gasteiger partial charge in [-0.2, -0.15) is 4.98 Å². The van der Waals surface area contributed by atoms with E-state index in [9.17, 15) is 4.79 Å². The summed E-state index contributed by atoms with van der Waals surface area (Å²) in [6.07, 6.45) is 0.510. The van der Waals surface area contributed by atoms with Crippen LogP contribution in [0.5, 0.6) is 0 Å². The lowest BCUT2D eigenvalue weighted by Gasteiger charge is -2.16. The minimum absolute atomic E-state index is 0. The molecule has 0 aliphatic heterocycles. The summed E-state index contributed by atoms with van der Waals surface area (Å²) in [6, 6.07) is 7.71. The molecule has 0 aliphatic carbocycles. The van der Waals surface area contributed by atoms with Crippen molar-refractivity contribution in [2.75, 3.05) is 6.54 Å². The molecule has 0 radical (unpaired) electrons. The molecule has 0 spiro atoms. The van der Waals surface area contributed by atoms with Crippen LogP contribution in [0.15, 0.2) is 28.8 Å². The minimum atomic E-state index is -0.398. The summed E-state index contributed by atoms with van der Waals surface area (Å²) in [5.74, 6) is 1.05. The predicted molar refractivity (Wildman–Crippen MR) is 91.0 cm³/mol. The van der Waals surface area contributed by atoms with E-state index in [2.05, 4.69) is 15.5 Å². The fourth-order valence-corrected chi connectivity index (χ4v) is 1.81. The fourth-order valence-electron chi connectivity index (χ4n) is 1.81. The number of nitrogens with two attached hydrogens (primary N) is 1. The molecule has 0 unspecified atom stereocenters. The van der Waals surface area contributed by atoms with Gasteiger partial charge in [-0.3, -0.25) is 4.79 Å². The zero-order valence-electron chi connectivity index (χ0n) is 13.6. The van der Waals surface area contributed by atoms with Crippen LogP contribution in [-0.4, -0.2) is 22.6 Å². The Bertz CT molecular complexity index is 632. The third-order valence-electron chi connectivity index (χ3n) is 3.22. The van der Waals surface area contributed by atoms with Gasteiger partial charge in [-0.15, -0.1) is 12.4 Å². The second kappa shape index (κ2) is 8.08. The lowest BCUT2D eigenvalue weighted by molar-refractivity contribution is -0.128. The van der Waals surface area contributed by atoms with Crippen molar-refractivity contribution in [2.45, 2.75) is 33.7 Å². The molecule has 0 saturated heterocycles. The molecule has 0 fully saturated rings. The van der Waals surface area contributed by atoms with Gasteiger partial charge in [0.05, 0.1) is 0 Å². The second-order valence-electron chi connectivity index (χ2n) is 6.17. The van der Waals surface area contributed by atoms with Crippen molar-refractivity contribution >= 4 is 18.3 Å². The number of hydrogen-bond acceptors (Lipinski definition) is 5. The molecule has 0 saturated carbocycles. The molecule has 126 valence electrons. The second-order valence-corrected chi connectivity index (χ2v) is 6.17. The Morgan fingerprint density at radius 2 is 1.91 bits per heavy atom. The van der Waals surface area contributed by atoms with Crippen LogP contribution in [0.4, 0.5) is 0 Å². The number of hydrogen-bond donors (Lipinski definition) is 2. The lowest BCUT2D eigenvalue weighted by Crippen LogP contribution is -2.35. The topological polar surface area (TPSA) is 94.0 Å². The van der Waals surface area contributed by atoms with E-state index in [0.717, 1.165) is 11.1 Å². The molecule has 3 N–H and O–H groups in total. The smallest absolute Gasteiger partial charge is 0.228 e. The molecule has 2 rings (SSSR count). The molecule has 0 atom stereocenters. The van der Waals surface area contributed by atoms with Crippen LogP contribution < -0.4 is 11.1 Å². The number of rotatable bonds is 5. The molecule has 7 heteroatoms. The van der Waals surface area contributed by atoms with E-state index in [1.54, 1.807) is 0 Å². The summed E-state index contributed by atoms with van der Waals surface area (Å²) in [7, 11) is 0. The van der Waals surface area contributed by atoms with Crippen LogP contribution in [0.25, 0.3) is 11.4 Å². The maximum atomic E-state index is 11.8. The van der Waals surface area contributed by atoms with E-state index in [4.69, 9.17) is 10.3 Å². The summed E-state index contributed by atoms with van der Waals surface area (Å²) in [6.45, 7) is 6.60. The molecular formula is C16H23ClN4O2. The Labute approximate surface area is 142 Å². The number of amides is 1. The SMILES string of the molecule is CC(C)(C)C(=O)NCCc1nc(-c2ccc(CN)cc2)no1.Cl. The predicted octanol–water partition coefficient (Wildman–Crippen LogP) is 2.32. The molecule has 23 heavy (non-hydrogen) atoms. The van der Waals surface area contributed by atoms with E-state index in [1.165, 1.54) is 0 Å². The third-order valence-corrected chi connectivity index (χ3v) is 3.22. The first-order valence-electron chi connectivity index (χ1n) is 7.30. The maximum absolute atomic E-state index is 11.8. The number of aromatic nitrogens is 2. The van der Waals surface area contributed by atoms with Gasteiger partial charge < -0.3 is 15.6 Å². The number of nitrogens with zero attached hydrogens (tertiary/aromatic N) is 2. The Hall–Kier alpha value is -1.92. The van der Waals surface area contributed by atoms with Crippen LogP contribution in [0.3, 0.4) is 0 Å². The van der Waals surface area contributed by atoms with E-state index in [0.29, 0.717) is 31.2 Å².